The van der Waals surface area contributed by atoms with E-state index in [0.717, 1.165) is 35.7 Å². The Balaban J connectivity index is 2.45. The number of likely N-dealkylation sites (N-methyl/N-ethyl adjacent to an activating group) is 1. The second-order valence-corrected chi connectivity index (χ2v) is 5.67. The average molecular weight is 296 g/mol. The highest BCUT2D eigenvalue weighted by atomic mass is 35.5. The van der Waals surface area contributed by atoms with Gasteiger partial charge in [0.05, 0.1) is 17.5 Å². The molecule has 0 spiro atoms. The van der Waals surface area contributed by atoms with Gasteiger partial charge in [-0.05, 0) is 40.1 Å². The number of hydrogen-bond acceptors (Lipinski definition) is 3. The Bertz CT molecular complexity index is 578. The van der Waals surface area contributed by atoms with Gasteiger partial charge >= 0.3 is 0 Å². The summed E-state index contributed by atoms with van der Waals surface area (Å²) in [4.78, 5) is 6.80. The molecule has 20 heavy (non-hydrogen) atoms. The van der Waals surface area contributed by atoms with Gasteiger partial charge in [-0.1, -0.05) is 6.07 Å². The molecule has 0 aliphatic heterocycles. The molecular formula is C15H22ClN3O. The van der Waals surface area contributed by atoms with Crippen LogP contribution in [-0.4, -0.2) is 41.2 Å². The first-order chi connectivity index (χ1) is 9.52. The lowest BCUT2D eigenvalue weighted by Crippen LogP contribution is -2.19. The lowest BCUT2D eigenvalue weighted by molar-refractivity contribution is 0.245. The summed E-state index contributed by atoms with van der Waals surface area (Å²) in [5.74, 6) is 2.12. The number of imidazole rings is 1. The largest absolute Gasteiger partial charge is 0.489 e. The maximum atomic E-state index is 6.04. The van der Waals surface area contributed by atoms with E-state index >= 15 is 0 Å². The summed E-state index contributed by atoms with van der Waals surface area (Å²) in [6.07, 6.45) is 0.131. The summed E-state index contributed by atoms with van der Waals surface area (Å²) < 4.78 is 8.01. The predicted molar refractivity (Wildman–Crippen MR) is 83.6 cm³/mol. The molecule has 1 heterocycles. The van der Waals surface area contributed by atoms with Crippen LogP contribution in [0.15, 0.2) is 18.2 Å². The number of fused-ring (bicyclic) bond motifs is 1. The first kappa shape index (κ1) is 15.1. The second-order valence-electron chi connectivity index (χ2n) is 5.41. The minimum Gasteiger partial charge on any atom is -0.489 e. The summed E-state index contributed by atoms with van der Waals surface area (Å²) in [6, 6.07) is 6.04. The Morgan fingerprint density at radius 1 is 1.35 bits per heavy atom. The van der Waals surface area contributed by atoms with Crippen molar-refractivity contribution in [2.24, 2.45) is 0 Å². The minimum absolute atomic E-state index is 0.131. The monoisotopic (exact) mass is 295 g/mol. The molecule has 4 nitrogen and oxygen atoms in total. The smallest absolute Gasteiger partial charge is 0.147 e. The molecule has 2 aromatic rings. The second kappa shape index (κ2) is 6.46. The maximum absolute atomic E-state index is 6.04. The van der Waals surface area contributed by atoms with Gasteiger partial charge in [0.2, 0.25) is 0 Å². The van der Waals surface area contributed by atoms with Crippen LogP contribution in [0.2, 0.25) is 0 Å². The van der Waals surface area contributed by atoms with Crippen LogP contribution in [0, 0.1) is 0 Å². The number of para-hydroxylation sites is 1. The highest BCUT2D eigenvalue weighted by Crippen LogP contribution is 2.27. The van der Waals surface area contributed by atoms with Gasteiger partial charge in [-0.3, -0.25) is 0 Å². The Morgan fingerprint density at radius 3 is 2.70 bits per heavy atom. The van der Waals surface area contributed by atoms with E-state index in [4.69, 9.17) is 16.3 Å². The number of halogens is 1. The standard InChI is InChI=1S/C15H22ClN3O/c1-11(2)20-13-7-5-6-12-15(13)17-14(10-16)19(12)9-8-18(3)4/h5-7,11H,8-10H2,1-4H3. The number of nitrogens with zero attached hydrogens (tertiary/aromatic N) is 3. The molecular weight excluding hydrogens is 274 g/mol. The van der Waals surface area contributed by atoms with Gasteiger partial charge in [-0.25, -0.2) is 4.98 Å². The van der Waals surface area contributed by atoms with Crippen LogP contribution in [0.5, 0.6) is 5.75 Å². The molecule has 0 N–H and O–H groups in total. The zero-order chi connectivity index (χ0) is 14.7. The Kier molecular flexibility index (Phi) is 4.89. The molecule has 0 aliphatic rings. The van der Waals surface area contributed by atoms with Crippen molar-refractivity contribution in [3.8, 4) is 5.75 Å². The molecule has 0 aliphatic carbocycles. The first-order valence-corrected chi connectivity index (χ1v) is 7.42. The third-order valence-corrected chi connectivity index (χ3v) is 3.31. The third-order valence-electron chi connectivity index (χ3n) is 3.07. The van der Waals surface area contributed by atoms with Gasteiger partial charge in [-0.15, -0.1) is 11.6 Å². The molecule has 0 radical (unpaired) electrons. The molecule has 0 fully saturated rings. The van der Waals surface area contributed by atoms with Crippen LogP contribution >= 0.6 is 11.6 Å². The molecule has 0 saturated carbocycles. The van der Waals surface area contributed by atoms with Crippen LogP contribution < -0.4 is 4.74 Å². The number of benzene rings is 1. The fourth-order valence-electron chi connectivity index (χ4n) is 2.17. The number of hydrogen-bond donors (Lipinski definition) is 0. The molecule has 0 unspecified atom stereocenters. The van der Waals surface area contributed by atoms with Crippen LogP contribution in [0.3, 0.4) is 0 Å². The third kappa shape index (κ3) is 3.25. The SMILES string of the molecule is CC(C)Oc1cccc2c1nc(CCl)n2CCN(C)C. The number of ether oxygens (including phenoxy) is 1. The molecule has 0 bridgehead atoms. The van der Waals surface area contributed by atoms with Crippen LogP contribution in [0.1, 0.15) is 19.7 Å². The number of rotatable bonds is 6. The summed E-state index contributed by atoms with van der Waals surface area (Å²) in [6.45, 7) is 5.86. The van der Waals surface area contributed by atoms with Crippen molar-refractivity contribution in [2.75, 3.05) is 20.6 Å². The van der Waals surface area contributed by atoms with Crippen molar-refractivity contribution in [3.63, 3.8) is 0 Å². The van der Waals surface area contributed by atoms with Crippen molar-refractivity contribution >= 4 is 22.6 Å². The molecule has 0 atom stereocenters. The minimum atomic E-state index is 0.131. The molecule has 5 heteroatoms. The van der Waals surface area contributed by atoms with Gasteiger partial charge in [0.15, 0.2) is 0 Å². The number of aromatic nitrogens is 2. The van der Waals surface area contributed by atoms with Crippen LogP contribution in [-0.2, 0) is 12.4 Å². The average Bonchev–Trinajstić information content (AvgIpc) is 2.74. The Morgan fingerprint density at radius 2 is 2.10 bits per heavy atom. The molecule has 1 aromatic carbocycles. The Hall–Kier alpha value is -1.26. The summed E-state index contributed by atoms with van der Waals surface area (Å²) in [5.41, 5.74) is 1.98. The summed E-state index contributed by atoms with van der Waals surface area (Å²) in [7, 11) is 4.12. The fourth-order valence-corrected chi connectivity index (χ4v) is 2.37. The van der Waals surface area contributed by atoms with Gasteiger partial charge in [0.1, 0.15) is 17.1 Å². The zero-order valence-electron chi connectivity index (χ0n) is 12.6. The first-order valence-electron chi connectivity index (χ1n) is 6.88. The van der Waals surface area contributed by atoms with Gasteiger partial charge in [0.25, 0.3) is 0 Å². The van der Waals surface area contributed by atoms with Crippen LogP contribution in [0.25, 0.3) is 11.0 Å². The van der Waals surface area contributed by atoms with Gasteiger partial charge in [0, 0.05) is 13.1 Å². The van der Waals surface area contributed by atoms with E-state index in [-0.39, 0.29) is 6.10 Å². The van der Waals surface area contributed by atoms with E-state index in [0.29, 0.717) is 5.88 Å². The van der Waals surface area contributed by atoms with Crippen LogP contribution in [0.4, 0.5) is 0 Å². The van der Waals surface area contributed by atoms with Crippen molar-refractivity contribution in [1.29, 1.82) is 0 Å². The number of alkyl halides is 1. The Labute approximate surface area is 125 Å². The summed E-state index contributed by atoms with van der Waals surface area (Å²) >= 11 is 6.04. The van der Waals surface area contributed by atoms with Crippen molar-refractivity contribution in [2.45, 2.75) is 32.4 Å². The van der Waals surface area contributed by atoms with Crippen molar-refractivity contribution in [3.05, 3.63) is 24.0 Å². The molecule has 2 rings (SSSR count). The van der Waals surface area contributed by atoms with Crippen molar-refractivity contribution < 1.29 is 4.74 Å². The quantitative estimate of drug-likeness (QED) is 0.767. The summed E-state index contributed by atoms with van der Waals surface area (Å²) in [5, 5.41) is 0. The van der Waals surface area contributed by atoms with Crippen molar-refractivity contribution in [1.82, 2.24) is 14.5 Å². The maximum Gasteiger partial charge on any atom is 0.147 e. The van der Waals surface area contributed by atoms with E-state index in [1.807, 2.05) is 26.0 Å². The van der Waals surface area contributed by atoms with Gasteiger partial charge in [-0.2, -0.15) is 0 Å². The van der Waals surface area contributed by atoms with E-state index in [9.17, 15) is 0 Å². The van der Waals surface area contributed by atoms with E-state index in [1.165, 1.54) is 0 Å². The van der Waals surface area contributed by atoms with Gasteiger partial charge < -0.3 is 14.2 Å². The molecule has 110 valence electrons. The highest BCUT2D eigenvalue weighted by molar-refractivity contribution is 6.16. The fraction of sp³-hybridized carbons (Fsp3) is 0.533. The van der Waals surface area contributed by atoms with E-state index in [1.54, 1.807) is 0 Å². The van der Waals surface area contributed by atoms with E-state index in [2.05, 4.69) is 34.6 Å². The molecule has 1 aromatic heterocycles. The lowest BCUT2D eigenvalue weighted by atomic mass is 10.3. The zero-order valence-corrected chi connectivity index (χ0v) is 13.3. The topological polar surface area (TPSA) is 30.3 Å². The van der Waals surface area contributed by atoms with E-state index < -0.39 is 0 Å². The highest BCUT2D eigenvalue weighted by Gasteiger charge is 2.14. The normalized spacial score (nSPS) is 11.8. The lowest BCUT2D eigenvalue weighted by Gasteiger charge is -2.13. The molecule has 0 saturated heterocycles. The molecule has 0 amide bonds. The predicted octanol–water partition coefficient (Wildman–Crippen LogP) is 3.12.